The third-order valence-corrected chi connectivity index (χ3v) is 7.07. The van der Waals surface area contributed by atoms with Crippen molar-refractivity contribution >= 4 is 28.8 Å². The summed E-state index contributed by atoms with van der Waals surface area (Å²) >= 11 is 0. The van der Waals surface area contributed by atoms with E-state index in [0.29, 0.717) is 25.3 Å². The molecule has 9 N–H and O–H groups in total. The molecule has 12 heteroatoms. The topological polar surface area (TPSA) is 221 Å². The maximum atomic E-state index is 10.7. The normalized spacial score (nSPS) is 12.2. The average molecular weight is 683 g/mol. The van der Waals surface area contributed by atoms with Crippen molar-refractivity contribution in [3.63, 3.8) is 0 Å². The minimum atomic E-state index is -1.04. The Hall–Kier alpha value is -5.66. The van der Waals surface area contributed by atoms with E-state index in [-0.39, 0.29) is 13.0 Å². The number of rotatable bonds is 14. The van der Waals surface area contributed by atoms with E-state index in [1.54, 1.807) is 0 Å². The standard InChI is InChI=1S/C16H17NO3.C12H12N2O2.C10H13NO3/c17-15(16(18)19)10-12-6-8-14(9-7-12)20-11-13-4-2-1-3-5-13;13-10(12(15)16)7-9-6-5-8-3-1-2-4-11(8)14-9;11-9(10(12)13)7-14-6-8-4-2-1-3-5-8/h1-9,15H,10-11,17H2,(H,18,19);1-6,10H,7,13H2,(H,15,16);1-5,9H,6-7,11H2,(H,12,13). The van der Waals surface area contributed by atoms with Gasteiger partial charge in [-0.25, -0.2) is 0 Å². The van der Waals surface area contributed by atoms with Gasteiger partial charge < -0.3 is 42.0 Å². The lowest BCUT2D eigenvalue weighted by molar-refractivity contribution is -0.140. The van der Waals surface area contributed by atoms with E-state index in [4.69, 9.17) is 42.0 Å². The summed E-state index contributed by atoms with van der Waals surface area (Å²) in [6, 6.07) is 35.5. The molecule has 0 saturated carbocycles. The number of carboxylic acids is 3. The number of nitrogens with zero attached hydrogens (tertiary/aromatic N) is 1. The molecule has 3 atom stereocenters. The maximum absolute atomic E-state index is 10.7. The van der Waals surface area contributed by atoms with E-state index >= 15 is 0 Å². The maximum Gasteiger partial charge on any atom is 0.322 e. The Morgan fingerprint density at radius 1 is 0.560 bits per heavy atom. The second kappa shape index (κ2) is 20.6. The third kappa shape index (κ3) is 14.2. The van der Waals surface area contributed by atoms with Gasteiger partial charge in [-0.3, -0.25) is 19.4 Å². The summed E-state index contributed by atoms with van der Waals surface area (Å²) in [5.74, 6) is -2.29. The van der Waals surface area contributed by atoms with Crippen molar-refractivity contribution in [2.45, 2.75) is 44.2 Å². The van der Waals surface area contributed by atoms with Crippen molar-refractivity contribution in [3.8, 4) is 5.75 Å². The molecule has 5 rings (SSSR count). The number of hydrogen-bond donors (Lipinski definition) is 6. The van der Waals surface area contributed by atoms with Crippen LogP contribution in [0.25, 0.3) is 10.9 Å². The molecule has 50 heavy (non-hydrogen) atoms. The van der Waals surface area contributed by atoms with Crippen LogP contribution in [0.1, 0.15) is 22.4 Å². The Morgan fingerprint density at radius 3 is 1.66 bits per heavy atom. The summed E-state index contributed by atoms with van der Waals surface area (Å²) in [6.45, 7) is 0.931. The van der Waals surface area contributed by atoms with E-state index < -0.39 is 36.0 Å². The van der Waals surface area contributed by atoms with E-state index in [1.807, 2.05) is 121 Å². The molecular formula is C38H42N4O8. The molecule has 0 amide bonds. The van der Waals surface area contributed by atoms with Crippen molar-refractivity contribution in [2.75, 3.05) is 6.61 Å². The number of pyridine rings is 1. The second-order valence-electron chi connectivity index (χ2n) is 11.2. The second-order valence-corrected chi connectivity index (χ2v) is 11.2. The number of para-hydroxylation sites is 1. The van der Waals surface area contributed by atoms with E-state index in [2.05, 4.69) is 4.98 Å². The predicted molar refractivity (Wildman–Crippen MR) is 189 cm³/mol. The molecule has 4 aromatic carbocycles. The van der Waals surface area contributed by atoms with Gasteiger partial charge in [0.1, 0.15) is 30.5 Å². The first kappa shape index (κ1) is 38.8. The first-order valence-corrected chi connectivity index (χ1v) is 15.7. The molecule has 5 aromatic rings. The van der Waals surface area contributed by atoms with Crippen molar-refractivity contribution in [1.82, 2.24) is 4.98 Å². The van der Waals surface area contributed by atoms with E-state index in [1.165, 1.54) is 0 Å². The van der Waals surface area contributed by atoms with Crippen LogP contribution in [0.3, 0.4) is 0 Å². The number of carbonyl (C=O) groups is 3. The van der Waals surface area contributed by atoms with Gasteiger partial charge in [-0.1, -0.05) is 97.1 Å². The van der Waals surface area contributed by atoms with E-state index in [0.717, 1.165) is 33.3 Å². The molecule has 262 valence electrons. The summed E-state index contributed by atoms with van der Waals surface area (Å²) in [7, 11) is 0. The van der Waals surface area contributed by atoms with Gasteiger partial charge in [-0.15, -0.1) is 0 Å². The number of ether oxygens (including phenoxy) is 2. The highest BCUT2D eigenvalue weighted by molar-refractivity contribution is 5.79. The highest BCUT2D eigenvalue weighted by Gasteiger charge is 2.14. The highest BCUT2D eigenvalue weighted by Crippen LogP contribution is 2.15. The fourth-order valence-corrected chi connectivity index (χ4v) is 4.29. The van der Waals surface area contributed by atoms with Crippen LogP contribution in [0.2, 0.25) is 0 Å². The molecule has 0 bridgehead atoms. The number of aromatic nitrogens is 1. The smallest absolute Gasteiger partial charge is 0.322 e. The number of benzene rings is 4. The number of fused-ring (bicyclic) bond motifs is 1. The SMILES string of the molecule is NC(COCc1ccccc1)C(=O)O.NC(Cc1ccc(OCc2ccccc2)cc1)C(=O)O.NC(Cc1ccc2ccccc2n1)C(=O)O. The Bertz CT molecular complexity index is 1770. The molecule has 0 spiro atoms. The third-order valence-electron chi connectivity index (χ3n) is 7.07. The molecule has 0 aliphatic heterocycles. The predicted octanol–water partition coefficient (Wildman–Crippen LogP) is 4.02. The summed E-state index contributed by atoms with van der Waals surface area (Å²) < 4.78 is 10.8. The summed E-state index contributed by atoms with van der Waals surface area (Å²) in [5.41, 5.74) is 20.7. The van der Waals surface area contributed by atoms with Crippen LogP contribution >= 0.6 is 0 Å². The Balaban J connectivity index is 0.000000207. The van der Waals surface area contributed by atoms with Crippen LogP contribution in [0, 0.1) is 0 Å². The number of carboxylic acid groups (broad SMARTS) is 3. The zero-order valence-electron chi connectivity index (χ0n) is 27.4. The lowest BCUT2D eigenvalue weighted by atomic mass is 10.1. The largest absolute Gasteiger partial charge is 0.489 e. The monoisotopic (exact) mass is 682 g/mol. The van der Waals surface area contributed by atoms with Gasteiger partial charge in [0.2, 0.25) is 0 Å². The molecular weight excluding hydrogens is 640 g/mol. The molecule has 0 fully saturated rings. The molecule has 1 heterocycles. The first-order chi connectivity index (χ1) is 24.0. The Kier molecular flexibility index (Phi) is 16.0. The fraction of sp³-hybridized carbons (Fsp3) is 0.211. The molecule has 3 unspecified atom stereocenters. The van der Waals surface area contributed by atoms with Crippen molar-refractivity contribution in [2.24, 2.45) is 17.2 Å². The molecule has 0 aliphatic carbocycles. The summed E-state index contributed by atoms with van der Waals surface area (Å²) in [5, 5.41) is 27.0. The molecule has 12 nitrogen and oxygen atoms in total. The fourth-order valence-electron chi connectivity index (χ4n) is 4.29. The average Bonchev–Trinajstić information content (AvgIpc) is 3.12. The number of aliphatic carboxylic acids is 3. The van der Waals surface area contributed by atoms with Crippen molar-refractivity contribution in [3.05, 3.63) is 144 Å². The van der Waals surface area contributed by atoms with Crippen LogP contribution in [-0.2, 0) is 45.2 Å². The van der Waals surface area contributed by atoms with Gasteiger partial charge in [0.15, 0.2) is 0 Å². The van der Waals surface area contributed by atoms with E-state index in [9.17, 15) is 14.4 Å². The van der Waals surface area contributed by atoms with Gasteiger partial charge in [0, 0.05) is 17.5 Å². The van der Waals surface area contributed by atoms with Gasteiger partial charge in [-0.2, -0.15) is 0 Å². The van der Waals surface area contributed by atoms with Crippen LogP contribution in [-0.4, -0.2) is 62.9 Å². The molecule has 1 aromatic heterocycles. The lowest BCUT2D eigenvalue weighted by Gasteiger charge is -2.09. The summed E-state index contributed by atoms with van der Waals surface area (Å²) in [6.07, 6.45) is 0.564. The van der Waals surface area contributed by atoms with Gasteiger partial charge >= 0.3 is 17.9 Å². The number of nitrogens with two attached hydrogens (primary N) is 3. The minimum absolute atomic E-state index is 0.0320. The zero-order chi connectivity index (χ0) is 36.3. The Morgan fingerprint density at radius 2 is 1.08 bits per heavy atom. The first-order valence-electron chi connectivity index (χ1n) is 15.7. The highest BCUT2D eigenvalue weighted by atomic mass is 16.5. The van der Waals surface area contributed by atoms with Crippen molar-refractivity contribution < 1.29 is 39.2 Å². The van der Waals surface area contributed by atoms with Crippen molar-refractivity contribution in [1.29, 1.82) is 0 Å². The quantitative estimate of drug-likeness (QED) is 0.0978. The number of hydrogen-bond acceptors (Lipinski definition) is 9. The lowest BCUT2D eigenvalue weighted by Crippen LogP contribution is -2.34. The van der Waals surface area contributed by atoms with Gasteiger partial charge in [0.25, 0.3) is 0 Å². The summed E-state index contributed by atoms with van der Waals surface area (Å²) in [4.78, 5) is 36.0. The van der Waals surface area contributed by atoms with Gasteiger partial charge in [0.05, 0.1) is 18.7 Å². The van der Waals surface area contributed by atoms with Crippen LogP contribution in [0.4, 0.5) is 0 Å². The van der Waals surface area contributed by atoms with Crippen LogP contribution in [0.5, 0.6) is 5.75 Å². The Labute approximate surface area is 290 Å². The van der Waals surface area contributed by atoms with Crippen LogP contribution in [0.15, 0.2) is 121 Å². The van der Waals surface area contributed by atoms with Gasteiger partial charge in [-0.05, 0) is 47.4 Å². The molecule has 0 radical (unpaired) electrons. The minimum Gasteiger partial charge on any atom is -0.489 e. The zero-order valence-corrected chi connectivity index (χ0v) is 27.4. The molecule has 0 saturated heterocycles. The molecule has 0 aliphatic rings. The van der Waals surface area contributed by atoms with Crippen LogP contribution < -0.4 is 21.9 Å².